The van der Waals surface area contributed by atoms with Crippen LogP contribution in [0.5, 0.6) is 0 Å². The van der Waals surface area contributed by atoms with E-state index in [-0.39, 0.29) is 12.3 Å². The van der Waals surface area contributed by atoms with Crippen molar-refractivity contribution in [3.63, 3.8) is 0 Å². The molecule has 0 spiro atoms. The Kier molecular flexibility index (Phi) is 3.67. The molecule has 4 nitrogen and oxygen atoms in total. The molecule has 1 amide bonds. The molecule has 0 saturated heterocycles. The molecule has 1 heterocycles. The van der Waals surface area contributed by atoms with Crippen LogP contribution in [-0.2, 0) is 11.2 Å². The topological polar surface area (TPSA) is 65.8 Å². The zero-order chi connectivity index (χ0) is 12.8. The molecule has 0 atom stereocenters. The van der Waals surface area contributed by atoms with Crippen LogP contribution in [0.25, 0.3) is 0 Å². The fraction of sp³-hybridized carbons (Fsp3) is 0.0714. The highest BCUT2D eigenvalue weighted by Crippen LogP contribution is 2.13. The number of nitrogens with zero attached hydrogens (tertiary/aromatic N) is 2. The van der Waals surface area contributed by atoms with Crippen LogP contribution in [0.4, 0.5) is 5.69 Å². The number of nitrogens with one attached hydrogen (secondary N) is 1. The van der Waals surface area contributed by atoms with Crippen molar-refractivity contribution in [3.05, 3.63) is 59.9 Å². The highest BCUT2D eigenvalue weighted by atomic mass is 16.1. The van der Waals surface area contributed by atoms with Crippen molar-refractivity contribution >= 4 is 11.6 Å². The van der Waals surface area contributed by atoms with Gasteiger partial charge in [-0.1, -0.05) is 18.2 Å². The Hall–Kier alpha value is -2.67. The molecule has 0 fully saturated rings. The van der Waals surface area contributed by atoms with Crippen LogP contribution in [0.2, 0.25) is 0 Å². The Bertz CT molecular complexity index is 587. The number of benzene rings is 1. The van der Waals surface area contributed by atoms with Crippen molar-refractivity contribution < 1.29 is 4.79 Å². The standard InChI is InChI=1S/C14H11N3O/c15-10-11-5-1-2-7-13(11)17-14(18)9-12-6-3-4-8-16-12/h1-8H,9H2,(H,17,18). The van der Waals surface area contributed by atoms with Crippen molar-refractivity contribution in [2.75, 3.05) is 5.32 Å². The number of hydrogen-bond donors (Lipinski definition) is 1. The van der Waals surface area contributed by atoms with Gasteiger partial charge < -0.3 is 5.32 Å². The summed E-state index contributed by atoms with van der Waals surface area (Å²) in [5.74, 6) is -0.184. The summed E-state index contributed by atoms with van der Waals surface area (Å²) in [4.78, 5) is 15.9. The molecule has 88 valence electrons. The third kappa shape index (κ3) is 2.92. The van der Waals surface area contributed by atoms with Gasteiger partial charge in [0.05, 0.1) is 17.7 Å². The van der Waals surface area contributed by atoms with Crippen molar-refractivity contribution in [1.29, 1.82) is 5.26 Å². The number of rotatable bonds is 3. The summed E-state index contributed by atoms with van der Waals surface area (Å²) in [7, 11) is 0. The molecule has 0 aliphatic carbocycles. The van der Waals surface area contributed by atoms with E-state index >= 15 is 0 Å². The number of carbonyl (C=O) groups excluding carboxylic acids is 1. The third-order valence-corrected chi connectivity index (χ3v) is 2.39. The van der Waals surface area contributed by atoms with E-state index in [9.17, 15) is 4.79 Å². The fourth-order valence-electron chi connectivity index (χ4n) is 1.55. The van der Waals surface area contributed by atoms with E-state index < -0.39 is 0 Å². The smallest absolute Gasteiger partial charge is 0.230 e. The average Bonchev–Trinajstić information content (AvgIpc) is 2.40. The first-order valence-corrected chi connectivity index (χ1v) is 5.48. The molecule has 2 rings (SSSR count). The summed E-state index contributed by atoms with van der Waals surface area (Å²) in [5, 5.41) is 11.6. The van der Waals surface area contributed by atoms with Crippen LogP contribution in [0.15, 0.2) is 48.7 Å². The fourth-order valence-corrected chi connectivity index (χ4v) is 1.55. The molecule has 2 aromatic rings. The maximum Gasteiger partial charge on any atom is 0.230 e. The molecular weight excluding hydrogens is 226 g/mol. The first-order valence-electron chi connectivity index (χ1n) is 5.48. The SMILES string of the molecule is N#Cc1ccccc1NC(=O)Cc1ccccn1. The normalized spacial score (nSPS) is 9.50. The van der Waals surface area contributed by atoms with E-state index in [4.69, 9.17) is 5.26 Å². The van der Waals surface area contributed by atoms with Gasteiger partial charge in [-0.15, -0.1) is 0 Å². The second kappa shape index (κ2) is 5.60. The maximum atomic E-state index is 11.8. The molecule has 0 aliphatic heterocycles. The van der Waals surface area contributed by atoms with Gasteiger partial charge in [0.25, 0.3) is 0 Å². The van der Waals surface area contributed by atoms with Gasteiger partial charge in [-0.05, 0) is 24.3 Å². The van der Waals surface area contributed by atoms with Gasteiger partial charge in [-0.2, -0.15) is 5.26 Å². The minimum atomic E-state index is -0.184. The summed E-state index contributed by atoms with van der Waals surface area (Å²) in [5.41, 5.74) is 1.68. The van der Waals surface area contributed by atoms with Gasteiger partial charge >= 0.3 is 0 Å². The zero-order valence-electron chi connectivity index (χ0n) is 9.63. The van der Waals surface area contributed by atoms with Crippen molar-refractivity contribution in [3.8, 4) is 6.07 Å². The van der Waals surface area contributed by atoms with Gasteiger partial charge in [0.15, 0.2) is 0 Å². The molecule has 1 aromatic carbocycles. The van der Waals surface area contributed by atoms with Crippen molar-refractivity contribution in [2.45, 2.75) is 6.42 Å². The lowest BCUT2D eigenvalue weighted by molar-refractivity contribution is -0.115. The Labute approximate surface area is 105 Å². The summed E-state index contributed by atoms with van der Waals surface area (Å²) in [6, 6.07) is 14.4. The van der Waals surface area contributed by atoms with E-state index in [0.717, 1.165) is 0 Å². The number of amides is 1. The number of pyridine rings is 1. The second-order valence-electron chi connectivity index (χ2n) is 3.70. The summed E-state index contributed by atoms with van der Waals surface area (Å²) < 4.78 is 0. The third-order valence-electron chi connectivity index (χ3n) is 2.39. The molecule has 0 aliphatic rings. The van der Waals surface area contributed by atoms with Gasteiger partial charge in [-0.3, -0.25) is 9.78 Å². The number of nitriles is 1. The summed E-state index contributed by atoms with van der Waals surface area (Å²) in [6.07, 6.45) is 1.84. The highest BCUT2D eigenvalue weighted by Gasteiger charge is 2.07. The van der Waals surface area contributed by atoms with E-state index in [2.05, 4.69) is 10.3 Å². The monoisotopic (exact) mass is 237 g/mol. The summed E-state index contributed by atoms with van der Waals surface area (Å²) in [6.45, 7) is 0. The van der Waals surface area contributed by atoms with Crippen molar-refractivity contribution in [2.24, 2.45) is 0 Å². The molecule has 1 aromatic heterocycles. The van der Waals surface area contributed by atoms with Crippen LogP contribution in [0, 0.1) is 11.3 Å². The number of carbonyl (C=O) groups is 1. The Morgan fingerprint density at radius 2 is 2.00 bits per heavy atom. The van der Waals surface area contributed by atoms with E-state index in [1.807, 2.05) is 12.1 Å². The second-order valence-corrected chi connectivity index (χ2v) is 3.70. The Morgan fingerprint density at radius 3 is 2.72 bits per heavy atom. The van der Waals surface area contributed by atoms with Crippen molar-refractivity contribution in [1.82, 2.24) is 4.98 Å². The number of aromatic nitrogens is 1. The van der Waals surface area contributed by atoms with Gasteiger partial charge in [-0.25, -0.2) is 0 Å². The highest BCUT2D eigenvalue weighted by molar-refractivity contribution is 5.93. The summed E-state index contributed by atoms with van der Waals surface area (Å²) >= 11 is 0. The first kappa shape index (κ1) is 11.8. The molecule has 0 radical (unpaired) electrons. The lowest BCUT2D eigenvalue weighted by Gasteiger charge is -2.06. The molecule has 4 heteroatoms. The molecule has 18 heavy (non-hydrogen) atoms. The number of para-hydroxylation sites is 1. The molecule has 0 unspecified atom stereocenters. The molecule has 0 saturated carbocycles. The van der Waals surface area contributed by atoms with Crippen LogP contribution >= 0.6 is 0 Å². The first-order chi connectivity index (χ1) is 8.79. The van der Waals surface area contributed by atoms with Crippen LogP contribution in [0.3, 0.4) is 0 Å². The lowest BCUT2D eigenvalue weighted by atomic mass is 10.2. The van der Waals surface area contributed by atoms with E-state index in [1.54, 1.807) is 42.6 Å². The van der Waals surface area contributed by atoms with Crippen LogP contribution < -0.4 is 5.32 Å². The Morgan fingerprint density at radius 1 is 1.22 bits per heavy atom. The quantitative estimate of drug-likeness (QED) is 0.889. The minimum absolute atomic E-state index is 0.184. The van der Waals surface area contributed by atoms with Gasteiger partial charge in [0, 0.05) is 11.9 Å². The number of hydrogen-bond acceptors (Lipinski definition) is 3. The predicted molar refractivity (Wildman–Crippen MR) is 67.7 cm³/mol. The molecular formula is C14H11N3O. The Balaban J connectivity index is 2.06. The van der Waals surface area contributed by atoms with Crippen LogP contribution in [-0.4, -0.2) is 10.9 Å². The van der Waals surface area contributed by atoms with Crippen LogP contribution in [0.1, 0.15) is 11.3 Å². The molecule has 0 bridgehead atoms. The molecule has 1 N–H and O–H groups in total. The lowest BCUT2D eigenvalue weighted by Crippen LogP contribution is -2.15. The minimum Gasteiger partial charge on any atom is -0.325 e. The van der Waals surface area contributed by atoms with Gasteiger partial charge in [0.2, 0.25) is 5.91 Å². The van der Waals surface area contributed by atoms with Gasteiger partial charge in [0.1, 0.15) is 6.07 Å². The zero-order valence-corrected chi connectivity index (χ0v) is 9.63. The number of anilines is 1. The largest absolute Gasteiger partial charge is 0.325 e. The van der Waals surface area contributed by atoms with E-state index in [0.29, 0.717) is 16.9 Å². The predicted octanol–water partition coefficient (Wildman–Crippen LogP) is 2.13. The van der Waals surface area contributed by atoms with E-state index in [1.165, 1.54) is 0 Å². The average molecular weight is 237 g/mol. The maximum absolute atomic E-state index is 11.8.